The molecule has 0 rings (SSSR count). The zero-order valence-electron chi connectivity index (χ0n) is 2.79. The molecule has 5 heteroatoms. The summed E-state index contributed by atoms with van der Waals surface area (Å²) in [6, 6.07) is 0. The van der Waals surface area contributed by atoms with Crippen molar-refractivity contribution < 1.29 is 16.8 Å². The maximum atomic E-state index is 9.38. The maximum Gasteiger partial charge on any atom is 0.756 e. The lowest BCUT2D eigenvalue weighted by molar-refractivity contribution is 0.394. The summed E-state index contributed by atoms with van der Waals surface area (Å²) in [5, 5.41) is 0. The molecule has 0 aromatic carbocycles. The maximum absolute atomic E-state index is 9.38. The van der Waals surface area contributed by atoms with Gasteiger partial charge in [0.15, 0.2) is 23.5 Å². The number of rotatable bonds is 1. The normalized spacial score (nSPS) is 7.71. The van der Waals surface area contributed by atoms with Gasteiger partial charge >= 0.3 is 8.25 Å². The van der Waals surface area contributed by atoms with Crippen LogP contribution in [0.2, 0.25) is 0 Å². The molecule has 0 aliphatic carbocycles. The minimum absolute atomic E-state index is 0. The molecular weight excluding hydrogens is 130 g/mol. The Balaban J connectivity index is -0.0000000417. The average molecular weight is 139 g/mol. The van der Waals surface area contributed by atoms with Gasteiger partial charge in [-0.15, -0.1) is 4.89 Å². The monoisotopic (exact) mass is 139 g/mol. The fourth-order valence-electron chi connectivity index (χ4n) is 0.0451. The Morgan fingerprint density at radius 2 is 2.43 bits per heavy atom. The lowest BCUT2D eigenvalue weighted by Crippen LogP contribution is -1.57. The molecule has 0 aromatic rings. The first kappa shape index (κ1) is 10.0. The van der Waals surface area contributed by atoms with Gasteiger partial charge in [0.2, 0.25) is 0 Å². The molecule has 7 heavy (non-hydrogen) atoms. The molecule has 1 atom stereocenters. The van der Waals surface area contributed by atoms with Crippen molar-refractivity contribution in [2.24, 2.45) is 0 Å². The van der Waals surface area contributed by atoms with Crippen LogP contribution in [-0.4, -0.2) is 22.3 Å². The first-order chi connectivity index (χ1) is 2.77. The molecule has 1 unspecified atom stereocenters. The summed E-state index contributed by atoms with van der Waals surface area (Å²) in [5.41, 5.74) is 0. The Kier molecular flexibility index (Phi) is 8.54. The summed E-state index contributed by atoms with van der Waals surface area (Å²) in [6.07, 6.45) is 5.95. The predicted molar refractivity (Wildman–Crippen MR) is 33.9 cm³/mol. The third-order valence-corrected chi connectivity index (χ3v) is 0.392. The fourth-order valence-corrected chi connectivity index (χ4v) is 0.135. The van der Waals surface area contributed by atoms with Crippen molar-refractivity contribution in [1.29, 1.82) is 0 Å². The van der Waals surface area contributed by atoms with Crippen molar-refractivity contribution in [2.45, 2.75) is 0 Å². The first-order valence-corrected chi connectivity index (χ1v) is 2.19. The summed E-state index contributed by atoms with van der Waals surface area (Å²) in [6.45, 7) is 0. The molecule has 0 spiro atoms. The van der Waals surface area contributed by atoms with Crippen LogP contribution in [0.1, 0.15) is 2.85 Å². The van der Waals surface area contributed by atoms with Crippen molar-refractivity contribution >= 4 is 25.6 Å². The summed E-state index contributed by atoms with van der Waals surface area (Å²) in [7, 11) is -2.59. The number of terminal acetylenes is 1. The minimum atomic E-state index is -2.59. The summed E-state index contributed by atoms with van der Waals surface area (Å²) < 4.78 is 13.0. The van der Waals surface area contributed by atoms with E-state index >= 15 is 0 Å². The highest BCUT2D eigenvalue weighted by molar-refractivity contribution is 7.32. The topological polar surface area (TPSA) is 46.5 Å². The third kappa shape index (κ3) is 10.7. The van der Waals surface area contributed by atoms with Crippen LogP contribution in [-0.2, 0) is 9.09 Å². The van der Waals surface area contributed by atoms with E-state index in [2.05, 4.69) is 10.9 Å². The number of hydrogen-bond donors (Lipinski definition) is 1. The standard InChI is InChI=1S/C2HO3P.Al.2H2.3H/c1-2-5-6(3)4;;;;;;/h1H;;2*1H;;;/p+1. The quantitative estimate of drug-likeness (QED) is 0.304. The lowest BCUT2D eigenvalue weighted by atomic mass is 11.3. The van der Waals surface area contributed by atoms with Gasteiger partial charge in [-0.2, -0.15) is 4.52 Å². The molecule has 0 radical (unpaired) electrons. The molecule has 0 bridgehead atoms. The van der Waals surface area contributed by atoms with Crippen LogP contribution >= 0.6 is 8.25 Å². The zero-order valence-corrected chi connectivity index (χ0v) is 3.68. The molecule has 42 valence electrons. The third-order valence-electron chi connectivity index (χ3n) is 0.131. The van der Waals surface area contributed by atoms with E-state index < -0.39 is 8.25 Å². The molecule has 0 aliphatic rings. The van der Waals surface area contributed by atoms with Gasteiger partial charge in [0.05, 0.1) is 0 Å². The van der Waals surface area contributed by atoms with E-state index in [1.165, 1.54) is 6.11 Å². The van der Waals surface area contributed by atoms with Crippen LogP contribution in [0.25, 0.3) is 0 Å². The largest absolute Gasteiger partial charge is 0.756 e. The van der Waals surface area contributed by atoms with E-state index in [9.17, 15) is 4.57 Å². The smallest absolute Gasteiger partial charge is 0.173 e. The first-order valence-electron chi connectivity index (χ1n) is 1.06. The van der Waals surface area contributed by atoms with E-state index in [4.69, 9.17) is 4.89 Å². The summed E-state index contributed by atoms with van der Waals surface area (Å²) in [4.78, 5) is 7.70. The minimum Gasteiger partial charge on any atom is -0.173 e. The molecule has 1 N–H and O–H groups in total. The SMILES string of the molecule is C#CO[P+](=O)O.[AlH3].[HH].[HH]. The molecule has 0 aliphatic heterocycles. The van der Waals surface area contributed by atoms with E-state index in [0.717, 1.165) is 0 Å². The van der Waals surface area contributed by atoms with Gasteiger partial charge in [-0.25, -0.2) is 0 Å². The lowest BCUT2D eigenvalue weighted by Gasteiger charge is -1.58. The van der Waals surface area contributed by atoms with Crippen LogP contribution in [0.3, 0.4) is 0 Å². The van der Waals surface area contributed by atoms with E-state index in [1.807, 2.05) is 0 Å². The van der Waals surface area contributed by atoms with Crippen LogP contribution in [0.4, 0.5) is 0 Å². The van der Waals surface area contributed by atoms with Gasteiger partial charge in [0.25, 0.3) is 0 Å². The van der Waals surface area contributed by atoms with Crippen LogP contribution < -0.4 is 0 Å². The van der Waals surface area contributed by atoms with Crippen molar-refractivity contribution in [2.75, 3.05) is 0 Å². The molecule has 0 amide bonds. The Labute approximate surface area is 55.7 Å². The molecule has 0 saturated carbocycles. The predicted octanol–water partition coefficient (Wildman–Crippen LogP) is -0.449. The summed E-state index contributed by atoms with van der Waals surface area (Å²) >= 11 is 0. The van der Waals surface area contributed by atoms with Crippen LogP contribution in [0.5, 0.6) is 0 Å². The Morgan fingerprint density at radius 1 is 2.00 bits per heavy atom. The van der Waals surface area contributed by atoms with Crippen molar-refractivity contribution in [1.82, 2.24) is 0 Å². The second-order valence-corrected chi connectivity index (χ2v) is 1.11. The van der Waals surface area contributed by atoms with E-state index in [-0.39, 0.29) is 20.2 Å². The highest BCUT2D eigenvalue weighted by atomic mass is 31.1. The van der Waals surface area contributed by atoms with E-state index in [1.54, 1.807) is 0 Å². The van der Waals surface area contributed by atoms with Gasteiger partial charge in [-0.05, 0) is 0 Å². The zero-order chi connectivity index (χ0) is 4.99. The van der Waals surface area contributed by atoms with Gasteiger partial charge in [-0.1, -0.05) is 6.42 Å². The molecule has 0 heterocycles. The van der Waals surface area contributed by atoms with Gasteiger partial charge in [-0.3, -0.25) is 0 Å². The number of hydrogen-bond acceptors (Lipinski definition) is 2. The highest BCUT2D eigenvalue weighted by Gasteiger charge is 2.06. The second-order valence-electron chi connectivity index (χ2n) is 0.447. The Bertz CT molecular complexity index is 102. The molecule has 0 fully saturated rings. The molecular formula is C2H9AlO3P+. The molecule has 0 aromatic heterocycles. The van der Waals surface area contributed by atoms with Crippen molar-refractivity contribution in [3.63, 3.8) is 0 Å². The molecule has 0 saturated heterocycles. The van der Waals surface area contributed by atoms with Gasteiger partial charge < -0.3 is 0 Å². The van der Waals surface area contributed by atoms with Crippen molar-refractivity contribution in [3.8, 4) is 12.5 Å². The van der Waals surface area contributed by atoms with Crippen molar-refractivity contribution in [3.05, 3.63) is 0 Å². The highest BCUT2D eigenvalue weighted by Crippen LogP contribution is 2.11. The van der Waals surface area contributed by atoms with Crippen LogP contribution in [0.15, 0.2) is 0 Å². The second kappa shape index (κ2) is 5.95. The fraction of sp³-hybridized carbons (Fsp3) is 0. The van der Waals surface area contributed by atoms with E-state index in [0.29, 0.717) is 0 Å². The Hall–Kier alpha value is -0.0475. The van der Waals surface area contributed by atoms with Crippen LogP contribution in [0, 0.1) is 12.5 Å². The Morgan fingerprint density at radius 3 is 2.43 bits per heavy atom. The van der Waals surface area contributed by atoms with Gasteiger partial charge in [0, 0.05) is 7.42 Å². The average Bonchev–Trinajstić information content (AvgIpc) is 1.35. The summed E-state index contributed by atoms with van der Waals surface area (Å²) in [5.74, 6) is 0. The van der Waals surface area contributed by atoms with Gasteiger partial charge in [0.1, 0.15) is 0 Å². The molecule has 3 nitrogen and oxygen atoms in total.